The van der Waals surface area contributed by atoms with Gasteiger partial charge in [-0.1, -0.05) is 119 Å². The lowest BCUT2D eigenvalue weighted by Gasteiger charge is -2.16. The lowest BCUT2D eigenvalue weighted by Crippen LogP contribution is -2.12. The molecule has 27 heavy (non-hydrogen) atoms. The second kappa shape index (κ2) is 17.3. The van der Waals surface area contributed by atoms with Crippen LogP contribution in [0.2, 0.25) is 0 Å². The van der Waals surface area contributed by atoms with Gasteiger partial charge in [-0.2, -0.15) is 0 Å². The van der Waals surface area contributed by atoms with Crippen LogP contribution in [0.1, 0.15) is 116 Å². The zero-order chi connectivity index (χ0) is 19.0. The normalized spacial score (nSPS) is 13.0. The van der Waals surface area contributed by atoms with Gasteiger partial charge in [0.1, 0.15) is 0 Å². The highest BCUT2D eigenvalue weighted by Gasteiger charge is 2.09. The van der Waals surface area contributed by atoms with Gasteiger partial charge < -0.3 is 5.73 Å². The highest BCUT2D eigenvalue weighted by atomic mass is 35.5. The molecule has 0 aliphatic rings. The van der Waals surface area contributed by atoms with Crippen LogP contribution in [0.3, 0.4) is 0 Å². The third-order valence-corrected chi connectivity index (χ3v) is 5.70. The molecule has 156 valence electrons. The molecule has 0 amide bonds. The van der Waals surface area contributed by atoms with E-state index in [1.165, 1.54) is 100 Å². The molecular formula is C25H44ClN. The van der Waals surface area contributed by atoms with Crippen molar-refractivity contribution in [1.29, 1.82) is 0 Å². The Morgan fingerprint density at radius 2 is 1.19 bits per heavy atom. The van der Waals surface area contributed by atoms with Crippen LogP contribution in [0.4, 0.5) is 0 Å². The number of hydrogen-bond acceptors (Lipinski definition) is 1. The minimum atomic E-state index is 0. The van der Waals surface area contributed by atoms with E-state index in [1.54, 1.807) is 0 Å². The summed E-state index contributed by atoms with van der Waals surface area (Å²) in [7, 11) is 0. The summed E-state index contributed by atoms with van der Waals surface area (Å²) in [6.45, 7) is 6.75. The van der Waals surface area contributed by atoms with Gasteiger partial charge in [0.25, 0.3) is 0 Å². The second-order valence-electron chi connectivity index (χ2n) is 7.99. The van der Waals surface area contributed by atoms with E-state index in [4.69, 9.17) is 5.73 Å². The molecule has 1 aromatic carbocycles. The average Bonchev–Trinajstić information content (AvgIpc) is 2.68. The van der Waals surface area contributed by atoms with E-state index >= 15 is 0 Å². The number of hydrogen-bond donors (Lipinski definition) is 1. The Morgan fingerprint density at radius 1 is 0.741 bits per heavy atom. The molecule has 2 N–H and O–H groups in total. The number of halogens is 1. The molecule has 0 radical (unpaired) electrons. The molecule has 1 aromatic rings. The largest absolute Gasteiger partial charge is 0.321 e. The lowest BCUT2D eigenvalue weighted by molar-refractivity contribution is 0.543. The zero-order valence-corrected chi connectivity index (χ0v) is 19.0. The second-order valence-corrected chi connectivity index (χ2v) is 7.99. The first-order valence-corrected chi connectivity index (χ1v) is 11.1. The first kappa shape index (κ1) is 26.2. The molecule has 0 aliphatic carbocycles. The summed E-state index contributed by atoms with van der Waals surface area (Å²) >= 11 is 0. The first-order valence-electron chi connectivity index (χ1n) is 11.1. The van der Waals surface area contributed by atoms with Gasteiger partial charge in [-0.3, -0.25) is 0 Å². The fourth-order valence-corrected chi connectivity index (χ4v) is 3.60. The fourth-order valence-electron chi connectivity index (χ4n) is 3.60. The van der Waals surface area contributed by atoms with Gasteiger partial charge in [0.05, 0.1) is 6.04 Å². The van der Waals surface area contributed by atoms with E-state index in [0.717, 1.165) is 0 Å². The molecule has 0 saturated carbocycles. The summed E-state index contributed by atoms with van der Waals surface area (Å²) in [5.41, 5.74) is 10.5. The molecule has 0 saturated heterocycles. The zero-order valence-electron chi connectivity index (χ0n) is 18.1. The summed E-state index contributed by atoms with van der Waals surface area (Å²) in [5, 5.41) is 0. The Balaban J connectivity index is 0.00000676. The van der Waals surface area contributed by atoms with Crippen LogP contribution in [-0.2, 0) is 0 Å². The van der Waals surface area contributed by atoms with Gasteiger partial charge >= 0.3 is 0 Å². The number of unbranched alkanes of at least 4 members (excludes halogenated alkanes) is 11. The Morgan fingerprint density at radius 3 is 1.67 bits per heavy atom. The van der Waals surface area contributed by atoms with Gasteiger partial charge in [-0.25, -0.2) is 0 Å². The third kappa shape index (κ3) is 12.3. The Kier molecular flexibility index (Phi) is 16.8. The highest BCUT2D eigenvalue weighted by molar-refractivity contribution is 5.85. The number of nitrogens with two attached hydrogens (primary N) is 1. The first-order chi connectivity index (χ1) is 12.7. The van der Waals surface area contributed by atoms with Gasteiger partial charge in [0.2, 0.25) is 0 Å². The predicted octanol–water partition coefficient (Wildman–Crippen LogP) is 8.54. The van der Waals surface area contributed by atoms with Crippen LogP contribution in [0.5, 0.6) is 0 Å². The summed E-state index contributed by atoms with van der Waals surface area (Å²) in [6, 6.07) is 10.5. The lowest BCUT2D eigenvalue weighted by atomic mass is 9.94. The molecule has 0 aromatic heterocycles. The molecule has 1 rings (SSSR count). The van der Waals surface area contributed by atoms with Crippen molar-refractivity contribution in [2.24, 2.45) is 5.73 Å². The van der Waals surface area contributed by atoms with E-state index in [9.17, 15) is 0 Å². The molecule has 0 spiro atoms. The molecule has 0 bridgehead atoms. The third-order valence-electron chi connectivity index (χ3n) is 5.70. The van der Waals surface area contributed by atoms with Crippen molar-refractivity contribution in [3.63, 3.8) is 0 Å². The van der Waals surface area contributed by atoms with Crippen molar-refractivity contribution in [2.75, 3.05) is 0 Å². The standard InChI is InChI=1S/C25H43N.ClH/c1-4-5-6-7-8-9-10-11-12-13-14-16-19-22(2)23(3)25(26)24-20-17-15-18-21-24;/h15,17-18,20-21,25H,4-14,16,19,26H2,1-3H3;1H. The maximum Gasteiger partial charge on any atom is 0.0510 e. The number of allylic oxidation sites excluding steroid dienone is 1. The molecule has 0 aliphatic heterocycles. The molecule has 1 nitrogen and oxygen atoms in total. The van der Waals surface area contributed by atoms with E-state index in [-0.39, 0.29) is 18.4 Å². The van der Waals surface area contributed by atoms with E-state index in [1.807, 2.05) is 0 Å². The Bertz CT molecular complexity index is 480. The van der Waals surface area contributed by atoms with Crippen LogP contribution >= 0.6 is 12.4 Å². The van der Waals surface area contributed by atoms with Crippen LogP contribution < -0.4 is 5.73 Å². The molecule has 0 fully saturated rings. The van der Waals surface area contributed by atoms with Crippen LogP contribution in [0, 0.1) is 0 Å². The fraction of sp³-hybridized carbons (Fsp3) is 0.680. The van der Waals surface area contributed by atoms with E-state index in [2.05, 4.69) is 51.1 Å². The highest BCUT2D eigenvalue weighted by Crippen LogP contribution is 2.24. The average molecular weight is 394 g/mol. The van der Waals surface area contributed by atoms with Crippen LogP contribution in [-0.4, -0.2) is 0 Å². The Hall–Kier alpha value is -0.790. The van der Waals surface area contributed by atoms with Crippen molar-refractivity contribution in [1.82, 2.24) is 0 Å². The van der Waals surface area contributed by atoms with Gasteiger partial charge in [0, 0.05) is 0 Å². The molecular weight excluding hydrogens is 350 g/mol. The minimum Gasteiger partial charge on any atom is -0.321 e. The summed E-state index contributed by atoms with van der Waals surface area (Å²) < 4.78 is 0. The van der Waals surface area contributed by atoms with Crippen molar-refractivity contribution >= 4 is 12.4 Å². The Labute approximate surface area is 175 Å². The summed E-state index contributed by atoms with van der Waals surface area (Å²) in [5.74, 6) is 0. The monoisotopic (exact) mass is 393 g/mol. The van der Waals surface area contributed by atoms with Crippen molar-refractivity contribution < 1.29 is 0 Å². The van der Waals surface area contributed by atoms with E-state index in [0.29, 0.717) is 0 Å². The van der Waals surface area contributed by atoms with Gasteiger partial charge in [0.15, 0.2) is 0 Å². The maximum atomic E-state index is 6.42. The van der Waals surface area contributed by atoms with Crippen LogP contribution in [0.15, 0.2) is 41.5 Å². The molecule has 0 heterocycles. The van der Waals surface area contributed by atoms with Crippen molar-refractivity contribution in [2.45, 2.75) is 110 Å². The number of benzene rings is 1. The smallest absolute Gasteiger partial charge is 0.0510 e. The molecule has 1 unspecified atom stereocenters. The summed E-state index contributed by atoms with van der Waals surface area (Å²) in [4.78, 5) is 0. The topological polar surface area (TPSA) is 26.0 Å². The quantitative estimate of drug-likeness (QED) is 0.234. The number of rotatable bonds is 15. The minimum absolute atomic E-state index is 0. The maximum absolute atomic E-state index is 6.42. The molecule has 2 heteroatoms. The SMILES string of the molecule is CCCCCCCCCCCCCCC(C)=C(C)C(N)c1ccccc1.Cl. The summed E-state index contributed by atoms with van der Waals surface area (Å²) in [6.07, 6.45) is 18.1. The van der Waals surface area contributed by atoms with Crippen LogP contribution in [0.25, 0.3) is 0 Å². The van der Waals surface area contributed by atoms with E-state index < -0.39 is 0 Å². The van der Waals surface area contributed by atoms with Crippen molar-refractivity contribution in [3.05, 3.63) is 47.0 Å². The van der Waals surface area contributed by atoms with Crippen molar-refractivity contribution in [3.8, 4) is 0 Å². The molecule has 1 atom stereocenters. The predicted molar refractivity (Wildman–Crippen MR) is 125 cm³/mol. The van der Waals surface area contributed by atoms with Gasteiger partial charge in [-0.15, -0.1) is 12.4 Å². The van der Waals surface area contributed by atoms with Gasteiger partial charge in [-0.05, 0) is 32.3 Å².